The van der Waals surface area contributed by atoms with Gasteiger partial charge in [0.05, 0.1) is 17.8 Å². The molecule has 0 bridgehead atoms. The Balaban J connectivity index is 2.60. The van der Waals surface area contributed by atoms with Gasteiger partial charge in [-0.25, -0.2) is 0 Å². The summed E-state index contributed by atoms with van der Waals surface area (Å²) < 4.78 is 5.36. The molecule has 0 radical (unpaired) electrons. The number of nitrogens with one attached hydrogen (secondary N) is 2. The molecular weight excluding hydrogens is 206 g/mol. The zero-order valence-electron chi connectivity index (χ0n) is 10.1. The average molecular weight is 227 g/mol. The Morgan fingerprint density at radius 3 is 2.75 bits per heavy atom. The highest BCUT2D eigenvalue weighted by atomic mass is 16.5. The van der Waals surface area contributed by atoms with Gasteiger partial charge in [-0.15, -0.1) is 0 Å². The highest BCUT2D eigenvalue weighted by molar-refractivity contribution is 5.39. The normalized spacial score (nSPS) is 14.0. The average Bonchev–Trinajstić information content (AvgIpc) is 2.66. The maximum atomic E-state index is 5.74. The first-order chi connectivity index (χ1) is 7.50. The second-order valence-electron chi connectivity index (χ2n) is 4.46. The Labute approximate surface area is 95.7 Å². The summed E-state index contributed by atoms with van der Waals surface area (Å²) in [5.74, 6) is 6.07. The summed E-state index contributed by atoms with van der Waals surface area (Å²) in [5, 5.41) is 6.57. The number of hydrogen-bond donors (Lipinski definition) is 4. The maximum absolute atomic E-state index is 5.74. The van der Waals surface area contributed by atoms with Crippen LogP contribution in [0.3, 0.4) is 0 Å². The molecule has 1 atom stereocenters. The van der Waals surface area contributed by atoms with Crippen LogP contribution in [0.15, 0.2) is 6.20 Å². The number of aromatic nitrogens is 2. The predicted molar refractivity (Wildman–Crippen MR) is 63.4 cm³/mol. The number of hydrogen-bond acceptors (Lipinski definition) is 5. The van der Waals surface area contributed by atoms with Gasteiger partial charge in [-0.2, -0.15) is 5.10 Å². The van der Waals surface area contributed by atoms with Gasteiger partial charge in [-0.05, 0) is 26.7 Å². The summed E-state index contributed by atoms with van der Waals surface area (Å²) in [6.07, 6.45) is 3.41. The molecule has 1 rings (SSSR count). The molecule has 1 unspecified atom stereocenters. The van der Waals surface area contributed by atoms with Gasteiger partial charge in [0.2, 0.25) is 0 Å². The van der Waals surface area contributed by atoms with Crippen LogP contribution in [0.4, 0.5) is 5.82 Å². The van der Waals surface area contributed by atoms with Gasteiger partial charge in [0.15, 0.2) is 0 Å². The lowest BCUT2D eigenvalue weighted by Crippen LogP contribution is -2.31. The first-order valence-electron chi connectivity index (χ1n) is 5.30. The number of aromatic amines is 1. The molecule has 0 aromatic carbocycles. The third kappa shape index (κ3) is 3.19. The topological polar surface area (TPSA) is 102 Å². The number of rotatable bonds is 6. The van der Waals surface area contributed by atoms with Crippen LogP contribution in [-0.2, 0) is 4.74 Å². The summed E-state index contributed by atoms with van der Waals surface area (Å²) in [6.45, 7) is 4.08. The fourth-order valence-corrected chi connectivity index (χ4v) is 1.51. The Bertz CT molecular complexity index is 323. The maximum Gasteiger partial charge on any atom is 0.123 e. The molecule has 0 amide bonds. The lowest BCUT2D eigenvalue weighted by molar-refractivity contribution is 0.0117. The van der Waals surface area contributed by atoms with Gasteiger partial charge < -0.3 is 10.5 Å². The molecule has 0 aliphatic carbocycles. The molecule has 16 heavy (non-hydrogen) atoms. The smallest absolute Gasteiger partial charge is 0.123 e. The molecule has 0 fully saturated rings. The minimum Gasteiger partial charge on any atom is -0.384 e. The van der Waals surface area contributed by atoms with E-state index in [1.54, 1.807) is 13.3 Å². The summed E-state index contributed by atoms with van der Waals surface area (Å²) in [4.78, 5) is 0. The van der Waals surface area contributed by atoms with Crippen LogP contribution in [-0.4, -0.2) is 22.9 Å². The number of ether oxygens (including phenoxy) is 1. The van der Waals surface area contributed by atoms with Gasteiger partial charge in [0.25, 0.3) is 0 Å². The van der Waals surface area contributed by atoms with E-state index in [9.17, 15) is 0 Å². The Morgan fingerprint density at radius 1 is 1.62 bits per heavy atom. The molecule has 6 N–H and O–H groups in total. The van der Waals surface area contributed by atoms with Gasteiger partial charge in [0.1, 0.15) is 5.82 Å². The summed E-state index contributed by atoms with van der Waals surface area (Å²) in [6, 6.07) is -0.00632. The summed E-state index contributed by atoms with van der Waals surface area (Å²) >= 11 is 0. The molecule has 6 nitrogen and oxygen atoms in total. The van der Waals surface area contributed by atoms with Crippen molar-refractivity contribution >= 4 is 5.82 Å². The van der Waals surface area contributed by atoms with Crippen molar-refractivity contribution in [3.05, 3.63) is 11.8 Å². The second-order valence-corrected chi connectivity index (χ2v) is 4.46. The minimum absolute atomic E-state index is 0.00632. The molecule has 0 aliphatic rings. The number of nitrogen functional groups attached to an aromatic ring is 1. The van der Waals surface area contributed by atoms with E-state index in [1.165, 1.54) is 0 Å². The van der Waals surface area contributed by atoms with E-state index in [4.69, 9.17) is 16.3 Å². The highest BCUT2D eigenvalue weighted by Gasteiger charge is 2.21. The van der Waals surface area contributed by atoms with Crippen LogP contribution in [0.1, 0.15) is 38.3 Å². The quantitative estimate of drug-likeness (QED) is 0.423. The Hall–Kier alpha value is -1.11. The standard InChI is InChI=1S/C10H21N5O/c1-10(2,16-3)5-4-8(14-12)7-6-13-15-9(7)11/h6,8,14H,4-5,12H2,1-3H3,(H3,11,13,15). The van der Waals surface area contributed by atoms with E-state index in [0.717, 1.165) is 18.4 Å². The molecule has 1 aromatic rings. The van der Waals surface area contributed by atoms with Gasteiger partial charge >= 0.3 is 0 Å². The van der Waals surface area contributed by atoms with E-state index in [-0.39, 0.29) is 11.6 Å². The third-order valence-corrected chi connectivity index (χ3v) is 2.86. The van der Waals surface area contributed by atoms with Crippen molar-refractivity contribution in [2.24, 2.45) is 5.84 Å². The number of nitrogens with zero attached hydrogens (tertiary/aromatic N) is 1. The molecule has 6 heteroatoms. The fraction of sp³-hybridized carbons (Fsp3) is 0.700. The van der Waals surface area contributed by atoms with E-state index < -0.39 is 0 Å². The SMILES string of the molecule is COC(C)(C)CCC(NN)c1cn[nH]c1N. The van der Waals surface area contributed by atoms with Crippen molar-refractivity contribution in [1.82, 2.24) is 15.6 Å². The Morgan fingerprint density at radius 2 is 2.31 bits per heavy atom. The van der Waals surface area contributed by atoms with Crippen molar-refractivity contribution in [3.8, 4) is 0 Å². The fourth-order valence-electron chi connectivity index (χ4n) is 1.51. The molecule has 1 heterocycles. The molecule has 0 spiro atoms. The molecule has 0 aliphatic heterocycles. The second kappa shape index (κ2) is 5.29. The molecule has 92 valence electrons. The first-order valence-corrected chi connectivity index (χ1v) is 5.30. The van der Waals surface area contributed by atoms with E-state index in [0.29, 0.717) is 5.82 Å². The number of H-pyrrole nitrogens is 1. The van der Waals surface area contributed by atoms with Crippen LogP contribution in [0.5, 0.6) is 0 Å². The van der Waals surface area contributed by atoms with E-state index in [1.807, 2.05) is 13.8 Å². The van der Waals surface area contributed by atoms with Crippen LogP contribution >= 0.6 is 0 Å². The van der Waals surface area contributed by atoms with Crippen molar-refractivity contribution < 1.29 is 4.74 Å². The lowest BCUT2D eigenvalue weighted by Gasteiger charge is -2.25. The van der Waals surface area contributed by atoms with Gasteiger partial charge in [-0.1, -0.05) is 0 Å². The largest absolute Gasteiger partial charge is 0.384 e. The van der Waals surface area contributed by atoms with Crippen LogP contribution < -0.4 is 17.0 Å². The van der Waals surface area contributed by atoms with Crippen molar-refractivity contribution in [2.45, 2.75) is 38.3 Å². The van der Waals surface area contributed by atoms with Crippen LogP contribution in [0.2, 0.25) is 0 Å². The molecule has 1 aromatic heterocycles. The van der Waals surface area contributed by atoms with Crippen molar-refractivity contribution in [2.75, 3.05) is 12.8 Å². The van der Waals surface area contributed by atoms with Crippen molar-refractivity contribution in [1.29, 1.82) is 0 Å². The predicted octanol–water partition coefficient (Wildman–Crippen LogP) is 0.702. The molecule has 0 saturated carbocycles. The number of anilines is 1. The van der Waals surface area contributed by atoms with Crippen LogP contribution in [0.25, 0.3) is 0 Å². The van der Waals surface area contributed by atoms with Gasteiger partial charge in [0, 0.05) is 12.7 Å². The van der Waals surface area contributed by atoms with Crippen molar-refractivity contribution in [3.63, 3.8) is 0 Å². The lowest BCUT2D eigenvalue weighted by atomic mass is 9.96. The molecular formula is C10H21N5O. The zero-order chi connectivity index (χ0) is 12.2. The van der Waals surface area contributed by atoms with Gasteiger partial charge in [-0.3, -0.25) is 16.4 Å². The summed E-state index contributed by atoms with van der Waals surface area (Å²) in [7, 11) is 1.71. The minimum atomic E-state index is -0.159. The zero-order valence-corrected chi connectivity index (χ0v) is 10.1. The van der Waals surface area contributed by atoms with E-state index in [2.05, 4.69) is 15.6 Å². The monoisotopic (exact) mass is 227 g/mol. The van der Waals surface area contributed by atoms with Crippen LogP contribution in [0, 0.1) is 0 Å². The number of hydrazine groups is 1. The number of methoxy groups -OCH3 is 1. The van der Waals surface area contributed by atoms with E-state index >= 15 is 0 Å². The Kier molecular flexibility index (Phi) is 4.28. The highest BCUT2D eigenvalue weighted by Crippen LogP contribution is 2.25. The number of nitrogens with two attached hydrogens (primary N) is 2. The first kappa shape index (κ1) is 13.0. The summed E-state index contributed by atoms with van der Waals surface area (Å²) in [5.41, 5.74) is 9.23. The molecule has 0 saturated heterocycles. The third-order valence-electron chi connectivity index (χ3n) is 2.86.